The highest BCUT2D eigenvalue weighted by Crippen LogP contribution is 2.29. The van der Waals surface area contributed by atoms with Gasteiger partial charge in [0.05, 0.1) is 17.0 Å². The Labute approximate surface area is 118 Å². The highest BCUT2D eigenvalue weighted by molar-refractivity contribution is 6.00. The second-order valence-electron chi connectivity index (χ2n) is 4.27. The summed E-state index contributed by atoms with van der Waals surface area (Å²) in [4.78, 5) is 34.0. The molecule has 1 N–H and O–H groups in total. The molecule has 2 aromatic rings. The standard InChI is InChI=1S/C13H12N2O6/c1-3-21-13(18)10-11(16)8-6-7(15(19)20)4-5-9(8)14(2)12(10)17/h4-6,16H,3H2,1-2H3. The summed E-state index contributed by atoms with van der Waals surface area (Å²) in [6, 6.07) is 3.65. The molecule has 1 aromatic carbocycles. The van der Waals surface area contributed by atoms with Gasteiger partial charge in [-0.2, -0.15) is 0 Å². The number of non-ortho nitro benzene ring substituents is 1. The molecule has 0 aliphatic heterocycles. The van der Waals surface area contributed by atoms with E-state index < -0.39 is 27.8 Å². The number of nitrogens with zero attached hydrogens (tertiary/aromatic N) is 2. The average Bonchev–Trinajstić information content (AvgIpc) is 2.44. The van der Waals surface area contributed by atoms with Crippen molar-refractivity contribution in [2.45, 2.75) is 6.92 Å². The predicted molar refractivity (Wildman–Crippen MR) is 73.5 cm³/mol. The van der Waals surface area contributed by atoms with Crippen molar-refractivity contribution in [1.82, 2.24) is 4.57 Å². The number of carbonyl (C=O) groups is 1. The van der Waals surface area contributed by atoms with Crippen molar-refractivity contribution in [3.8, 4) is 5.75 Å². The van der Waals surface area contributed by atoms with Crippen LogP contribution in [0.5, 0.6) is 5.75 Å². The van der Waals surface area contributed by atoms with Crippen LogP contribution in [-0.4, -0.2) is 27.2 Å². The molecule has 8 nitrogen and oxygen atoms in total. The van der Waals surface area contributed by atoms with Crippen LogP contribution in [0.15, 0.2) is 23.0 Å². The van der Waals surface area contributed by atoms with Crippen molar-refractivity contribution in [1.29, 1.82) is 0 Å². The van der Waals surface area contributed by atoms with Crippen LogP contribution >= 0.6 is 0 Å². The van der Waals surface area contributed by atoms with Crippen LogP contribution in [0.25, 0.3) is 10.9 Å². The largest absolute Gasteiger partial charge is 0.506 e. The zero-order valence-corrected chi connectivity index (χ0v) is 11.3. The molecule has 0 radical (unpaired) electrons. The number of ether oxygens (including phenoxy) is 1. The third-order valence-electron chi connectivity index (χ3n) is 3.04. The summed E-state index contributed by atoms with van der Waals surface area (Å²) in [6.45, 7) is 1.60. The number of hydrogen-bond acceptors (Lipinski definition) is 6. The number of benzene rings is 1. The van der Waals surface area contributed by atoms with E-state index in [2.05, 4.69) is 0 Å². The lowest BCUT2D eigenvalue weighted by Crippen LogP contribution is -2.26. The summed E-state index contributed by atoms with van der Waals surface area (Å²) in [6.07, 6.45) is 0. The molecular weight excluding hydrogens is 280 g/mol. The quantitative estimate of drug-likeness (QED) is 0.519. The number of nitro groups is 1. The Bertz CT molecular complexity index is 808. The van der Waals surface area contributed by atoms with Gasteiger partial charge in [-0.25, -0.2) is 4.79 Å². The Morgan fingerprint density at radius 3 is 2.71 bits per heavy atom. The van der Waals surface area contributed by atoms with E-state index in [9.17, 15) is 24.8 Å². The number of hydrogen-bond donors (Lipinski definition) is 1. The monoisotopic (exact) mass is 292 g/mol. The number of fused-ring (bicyclic) bond motifs is 1. The maximum atomic E-state index is 12.1. The van der Waals surface area contributed by atoms with Crippen molar-refractivity contribution in [3.05, 3.63) is 44.2 Å². The lowest BCUT2D eigenvalue weighted by molar-refractivity contribution is -0.384. The molecule has 8 heteroatoms. The highest BCUT2D eigenvalue weighted by atomic mass is 16.6. The first-order valence-electron chi connectivity index (χ1n) is 6.05. The Hall–Kier alpha value is -2.90. The summed E-state index contributed by atoms with van der Waals surface area (Å²) in [5, 5.41) is 21.0. The molecule has 0 aliphatic carbocycles. The van der Waals surface area contributed by atoms with Crippen molar-refractivity contribution in [2.75, 3.05) is 6.61 Å². The van der Waals surface area contributed by atoms with Crippen LogP contribution in [0.3, 0.4) is 0 Å². The van der Waals surface area contributed by atoms with Crippen LogP contribution in [-0.2, 0) is 11.8 Å². The van der Waals surface area contributed by atoms with Crippen molar-refractivity contribution in [2.24, 2.45) is 7.05 Å². The summed E-state index contributed by atoms with van der Waals surface area (Å²) in [5.41, 5.74) is -1.25. The molecular formula is C13H12N2O6. The molecule has 0 saturated heterocycles. The van der Waals surface area contributed by atoms with Crippen LogP contribution < -0.4 is 5.56 Å². The third-order valence-corrected chi connectivity index (χ3v) is 3.04. The normalized spacial score (nSPS) is 10.6. The smallest absolute Gasteiger partial charge is 0.347 e. The minimum atomic E-state index is -0.969. The van der Waals surface area contributed by atoms with Crippen LogP contribution in [0.1, 0.15) is 17.3 Å². The summed E-state index contributed by atoms with van der Waals surface area (Å²) < 4.78 is 5.86. The lowest BCUT2D eigenvalue weighted by Gasteiger charge is -2.10. The SMILES string of the molecule is CCOC(=O)c1c(O)c2cc([N+](=O)[O-])ccc2n(C)c1=O. The number of carbonyl (C=O) groups excluding carboxylic acids is 1. The highest BCUT2D eigenvalue weighted by Gasteiger charge is 2.23. The molecule has 21 heavy (non-hydrogen) atoms. The minimum Gasteiger partial charge on any atom is -0.506 e. The number of nitro benzene ring substituents is 1. The Balaban J connectivity index is 2.85. The van der Waals surface area contributed by atoms with E-state index in [1.807, 2.05) is 0 Å². The molecule has 110 valence electrons. The molecule has 0 bridgehead atoms. The van der Waals surface area contributed by atoms with Gasteiger partial charge in [0.2, 0.25) is 0 Å². The number of aryl methyl sites for hydroxylation is 1. The zero-order valence-electron chi connectivity index (χ0n) is 11.3. The molecule has 0 atom stereocenters. The Morgan fingerprint density at radius 2 is 2.14 bits per heavy atom. The fourth-order valence-corrected chi connectivity index (χ4v) is 2.02. The molecule has 1 aromatic heterocycles. The van der Waals surface area contributed by atoms with Gasteiger partial charge < -0.3 is 14.4 Å². The maximum Gasteiger partial charge on any atom is 0.347 e. The number of esters is 1. The van der Waals surface area contributed by atoms with Crippen molar-refractivity contribution >= 4 is 22.6 Å². The summed E-state index contributed by atoms with van der Waals surface area (Å²) in [5.74, 6) is -1.58. The average molecular weight is 292 g/mol. The molecule has 0 saturated carbocycles. The topological polar surface area (TPSA) is 112 Å². The van der Waals surface area contributed by atoms with Crippen molar-refractivity contribution in [3.63, 3.8) is 0 Å². The Kier molecular flexibility index (Phi) is 3.62. The van der Waals surface area contributed by atoms with Gasteiger partial charge in [0.1, 0.15) is 5.75 Å². The number of rotatable bonds is 3. The van der Waals surface area contributed by atoms with Gasteiger partial charge in [-0.15, -0.1) is 0 Å². The molecule has 0 amide bonds. The minimum absolute atomic E-state index is 0.0361. The molecule has 0 fully saturated rings. The first-order valence-corrected chi connectivity index (χ1v) is 6.05. The molecule has 0 unspecified atom stereocenters. The number of pyridine rings is 1. The van der Waals surface area contributed by atoms with Crippen molar-refractivity contribution < 1.29 is 19.6 Å². The summed E-state index contributed by atoms with van der Waals surface area (Å²) >= 11 is 0. The second kappa shape index (κ2) is 5.23. The second-order valence-corrected chi connectivity index (χ2v) is 4.27. The van der Waals surface area contributed by atoms with Gasteiger partial charge in [0.15, 0.2) is 5.56 Å². The van der Waals surface area contributed by atoms with E-state index in [0.29, 0.717) is 0 Å². The van der Waals surface area contributed by atoms with Gasteiger partial charge in [0, 0.05) is 24.6 Å². The van der Waals surface area contributed by atoms with Gasteiger partial charge in [0.25, 0.3) is 11.2 Å². The molecule has 2 rings (SSSR count). The van der Waals surface area contributed by atoms with Crippen LogP contribution in [0.4, 0.5) is 5.69 Å². The van der Waals surface area contributed by atoms with Crippen LogP contribution in [0, 0.1) is 10.1 Å². The summed E-state index contributed by atoms with van der Waals surface area (Å²) in [7, 11) is 1.40. The van der Waals surface area contributed by atoms with Gasteiger partial charge >= 0.3 is 5.97 Å². The third kappa shape index (κ3) is 2.31. The first-order chi connectivity index (χ1) is 9.88. The fraction of sp³-hybridized carbons (Fsp3) is 0.231. The molecule has 0 aliphatic rings. The fourth-order valence-electron chi connectivity index (χ4n) is 2.02. The first kappa shape index (κ1) is 14.5. The maximum absolute atomic E-state index is 12.1. The lowest BCUT2D eigenvalue weighted by atomic mass is 10.1. The predicted octanol–water partition coefficient (Wildman–Crippen LogP) is 1.33. The molecule has 1 heterocycles. The van der Waals surface area contributed by atoms with Crippen LogP contribution in [0.2, 0.25) is 0 Å². The van der Waals surface area contributed by atoms with E-state index >= 15 is 0 Å². The van der Waals surface area contributed by atoms with E-state index in [1.165, 1.54) is 19.2 Å². The van der Waals surface area contributed by atoms with Gasteiger partial charge in [-0.1, -0.05) is 0 Å². The number of aromatic nitrogens is 1. The number of aromatic hydroxyl groups is 1. The van der Waals surface area contributed by atoms with Gasteiger partial charge in [-0.05, 0) is 13.0 Å². The van der Waals surface area contributed by atoms with E-state index in [-0.39, 0.29) is 23.2 Å². The van der Waals surface area contributed by atoms with E-state index in [1.54, 1.807) is 6.92 Å². The van der Waals surface area contributed by atoms with E-state index in [4.69, 9.17) is 4.74 Å². The zero-order chi connectivity index (χ0) is 15.7. The Morgan fingerprint density at radius 1 is 1.48 bits per heavy atom. The van der Waals surface area contributed by atoms with E-state index in [0.717, 1.165) is 10.6 Å². The van der Waals surface area contributed by atoms with Gasteiger partial charge in [-0.3, -0.25) is 14.9 Å². The molecule has 0 spiro atoms.